The van der Waals surface area contributed by atoms with Crippen LogP contribution in [0.4, 0.5) is 0 Å². The summed E-state index contributed by atoms with van der Waals surface area (Å²) in [5, 5.41) is 16.0. The zero-order chi connectivity index (χ0) is 7.44. The van der Waals surface area contributed by atoms with Gasteiger partial charge in [0, 0.05) is 0 Å². The van der Waals surface area contributed by atoms with Crippen LogP contribution in [-0.4, -0.2) is 62.2 Å². The Morgan fingerprint density at radius 1 is 1.33 bits per heavy atom. The SMILES string of the molecule is N[C@@H](CC(=O)O)C(=O)O.O.O.[H-].[H-].[Mg+2]. The van der Waals surface area contributed by atoms with E-state index in [4.69, 9.17) is 15.9 Å². The summed E-state index contributed by atoms with van der Waals surface area (Å²) in [5.74, 6) is -2.50. The Bertz CT molecular complexity index is 148. The van der Waals surface area contributed by atoms with Crippen molar-refractivity contribution >= 4 is 35.0 Å². The Balaban J connectivity index is -0.0000000320. The van der Waals surface area contributed by atoms with Gasteiger partial charge >= 0.3 is 35.0 Å². The summed E-state index contributed by atoms with van der Waals surface area (Å²) in [5.41, 5.74) is 4.84. The average Bonchev–Trinajstić information content (AvgIpc) is 1.63. The second-order valence-corrected chi connectivity index (χ2v) is 1.54. The van der Waals surface area contributed by atoms with E-state index in [0.717, 1.165) is 0 Å². The maximum Gasteiger partial charge on any atom is 2.00 e. The number of carboxylic acids is 2. The molecule has 1 atom stereocenters. The summed E-state index contributed by atoms with van der Waals surface area (Å²) >= 11 is 0. The van der Waals surface area contributed by atoms with Gasteiger partial charge < -0.3 is 29.8 Å². The molecule has 0 spiro atoms. The fourth-order valence-corrected chi connectivity index (χ4v) is 0.275. The first-order chi connectivity index (χ1) is 4.04. The van der Waals surface area contributed by atoms with Crippen LogP contribution in [0.1, 0.15) is 9.27 Å². The second-order valence-electron chi connectivity index (χ2n) is 1.54. The molecule has 0 rings (SSSR count). The smallest absolute Gasteiger partial charge is 1.00 e. The molecule has 8 N–H and O–H groups in total. The van der Waals surface area contributed by atoms with E-state index in [0.29, 0.717) is 0 Å². The number of aliphatic carboxylic acids is 2. The Morgan fingerprint density at radius 2 is 1.67 bits per heavy atom. The van der Waals surface area contributed by atoms with Gasteiger partial charge in [0.15, 0.2) is 0 Å². The fraction of sp³-hybridized carbons (Fsp3) is 0.500. The Labute approximate surface area is 87.3 Å². The van der Waals surface area contributed by atoms with E-state index in [-0.39, 0.29) is 36.9 Å². The third-order valence-electron chi connectivity index (χ3n) is 0.712. The Morgan fingerprint density at radius 3 is 1.75 bits per heavy atom. The van der Waals surface area contributed by atoms with Crippen molar-refractivity contribution in [3.05, 3.63) is 0 Å². The molecule has 0 aliphatic heterocycles. The topological polar surface area (TPSA) is 164 Å². The zero-order valence-electron chi connectivity index (χ0n) is 8.28. The predicted molar refractivity (Wildman–Crippen MR) is 43.1 cm³/mol. The van der Waals surface area contributed by atoms with Gasteiger partial charge in [-0.2, -0.15) is 0 Å². The van der Waals surface area contributed by atoms with Crippen molar-refractivity contribution in [2.24, 2.45) is 5.73 Å². The molecular formula is C4H13MgNO6. The van der Waals surface area contributed by atoms with Crippen molar-refractivity contribution in [1.29, 1.82) is 0 Å². The monoisotopic (exact) mass is 195 g/mol. The third kappa shape index (κ3) is 12.3. The Hall–Kier alpha value is -0.414. The molecule has 72 valence electrons. The van der Waals surface area contributed by atoms with Gasteiger partial charge in [0.25, 0.3) is 0 Å². The molecule has 12 heavy (non-hydrogen) atoms. The molecule has 8 heteroatoms. The molecule has 0 aromatic rings. The predicted octanol–water partition coefficient (Wildman–Crippen LogP) is -2.93. The largest absolute Gasteiger partial charge is 2.00 e. The summed E-state index contributed by atoms with van der Waals surface area (Å²) in [6.07, 6.45) is -0.532. The van der Waals surface area contributed by atoms with E-state index in [9.17, 15) is 9.59 Å². The molecule has 0 aromatic carbocycles. The standard InChI is InChI=1S/C4H7NO4.Mg.2H2O.2H/c5-2(4(8)9)1-3(6)7;;;;;/h2H,1,5H2,(H,6,7)(H,8,9);;2*1H2;;/q;+2;;;2*-1/t2-;;;;;/m0...../s1. The molecular weight excluding hydrogens is 182 g/mol. The molecule has 0 aliphatic rings. The van der Waals surface area contributed by atoms with Crippen LogP contribution in [0, 0.1) is 0 Å². The first kappa shape index (κ1) is 22.6. The number of carbonyl (C=O) groups is 2. The molecule has 0 aliphatic carbocycles. The average molecular weight is 195 g/mol. The molecule has 0 radical (unpaired) electrons. The summed E-state index contributed by atoms with van der Waals surface area (Å²) in [6, 6.07) is -1.29. The van der Waals surface area contributed by atoms with E-state index < -0.39 is 24.4 Å². The van der Waals surface area contributed by atoms with Crippen molar-refractivity contribution in [1.82, 2.24) is 0 Å². The number of hydrogen-bond acceptors (Lipinski definition) is 3. The summed E-state index contributed by atoms with van der Waals surface area (Å²) in [4.78, 5) is 19.6. The minimum Gasteiger partial charge on any atom is -1.00 e. The first-order valence-corrected chi connectivity index (χ1v) is 2.24. The van der Waals surface area contributed by atoms with Crippen LogP contribution < -0.4 is 5.73 Å². The van der Waals surface area contributed by atoms with Gasteiger partial charge in [-0.25, -0.2) is 0 Å². The van der Waals surface area contributed by atoms with Gasteiger partial charge in [-0.1, -0.05) is 0 Å². The van der Waals surface area contributed by atoms with Crippen LogP contribution in [-0.2, 0) is 9.59 Å². The van der Waals surface area contributed by atoms with Gasteiger partial charge in [-0.05, 0) is 0 Å². The maximum atomic E-state index is 9.85. The van der Waals surface area contributed by atoms with E-state index >= 15 is 0 Å². The van der Waals surface area contributed by atoms with E-state index in [1.807, 2.05) is 0 Å². The van der Waals surface area contributed by atoms with Gasteiger partial charge in [-0.3, -0.25) is 9.59 Å². The van der Waals surface area contributed by atoms with Gasteiger partial charge in [0.2, 0.25) is 0 Å². The second kappa shape index (κ2) is 10.6. The fourth-order valence-electron chi connectivity index (χ4n) is 0.275. The van der Waals surface area contributed by atoms with Crippen LogP contribution in [0.25, 0.3) is 0 Å². The number of hydrogen-bond donors (Lipinski definition) is 3. The molecule has 0 heterocycles. The molecule has 7 nitrogen and oxygen atoms in total. The van der Waals surface area contributed by atoms with Crippen LogP contribution >= 0.6 is 0 Å². The molecule has 0 saturated carbocycles. The van der Waals surface area contributed by atoms with E-state index in [2.05, 4.69) is 0 Å². The zero-order valence-corrected chi connectivity index (χ0v) is 7.69. The number of carboxylic acid groups (broad SMARTS) is 2. The first-order valence-electron chi connectivity index (χ1n) is 2.24. The molecule has 0 bridgehead atoms. The Kier molecular flexibility index (Phi) is 19.9. The number of rotatable bonds is 3. The molecule has 0 fully saturated rings. The summed E-state index contributed by atoms with van der Waals surface area (Å²) < 4.78 is 0. The van der Waals surface area contributed by atoms with Crippen molar-refractivity contribution in [3.8, 4) is 0 Å². The van der Waals surface area contributed by atoms with Gasteiger partial charge in [0.05, 0.1) is 6.42 Å². The van der Waals surface area contributed by atoms with Crippen LogP contribution in [0.5, 0.6) is 0 Å². The van der Waals surface area contributed by atoms with Gasteiger partial charge in [-0.15, -0.1) is 0 Å². The summed E-state index contributed by atoms with van der Waals surface area (Å²) in [7, 11) is 0. The maximum absolute atomic E-state index is 9.85. The van der Waals surface area contributed by atoms with E-state index in [1.54, 1.807) is 0 Å². The minimum atomic E-state index is -1.29. The normalized spacial score (nSPS) is 9.42. The van der Waals surface area contributed by atoms with Crippen molar-refractivity contribution in [2.45, 2.75) is 12.5 Å². The van der Waals surface area contributed by atoms with Crippen LogP contribution in [0.15, 0.2) is 0 Å². The van der Waals surface area contributed by atoms with Gasteiger partial charge in [0.1, 0.15) is 6.04 Å². The van der Waals surface area contributed by atoms with Crippen molar-refractivity contribution in [3.63, 3.8) is 0 Å². The summed E-state index contributed by atoms with van der Waals surface area (Å²) in [6.45, 7) is 0. The third-order valence-corrected chi connectivity index (χ3v) is 0.712. The van der Waals surface area contributed by atoms with Crippen LogP contribution in [0.2, 0.25) is 0 Å². The van der Waals surface area contributed by atoms with E-state index in [1.165, 1.54) is 0 Å². The number of nitrogens with two attached hydrogens (primary N) is 1. The molecule has 0 unspecified atom stereocenters. The molecule has 0 aromatic heterocycles. The van der Waals surface area contributed by atoms with Crippen molar-refractivity contribution < 1.29 is 33.6 Å². The van der Waals surface area contributed by atoms with Crippen molar-refractivity contribution in [2.75, 3.05) is 0 Å². The minimum absolute atomic E-state index is 0. The van der Waals surface area contributed by atoms with Crippen LogP contribution in [0.3, 0.4) is 0 Å². The quantitative estimate of drug-likeness (QED) is 0.410. The molecule has 0 saturated heterocycles. The molecule has 0 amide bonds.